The standard InChI is InChI=1S/C15H24N2/c1-12-5-6-15(13(2)10-12)17-9-7-14-4-3-8-16-11-14/h3-4,8,11-13,15,17H,5-7,9-10H2,1-2H3. The molecule has 0 bridgehead atoms. The largest absolute Gasteiger partial charge is 0.313 e. The lowest BCUT2D eigenvalue weighted by atomic mass is 9.80. The minimum atomic E-state index is 0.725. The first kappa shape index (κ1) is 12.6. The minimum absolute atomic E-state index is 0.725. The topological polar surface area (TPSA) is 24.9 Å². The number of nitrogens with zero attached hydrogens (tertiary/aromatic N) is 1. The van der Waals surface area contributed by atoms with Crippen molar-refractivity contribution in [3.8, 4) is 0 Å². The molecule has 3 atom stereocenters. The van der Waals surface area contributed by atoms with Gasteiger partial charge in [0.15, 0.2) is 0 Å². The van der Waals surface area contributed by atoms with E-state index < -0.39 is 0 Å². The summed E-state index contributed by atoms with van der Waals surface area (Å²) in [7, 11) is 0. The van der Waals surface area contributed by atoms with Crippen molar-refractivity contribution in [1.29, 1.82) is 0 Å². The van der Waals surface area contributed by atoms with Gasteiger partial charge in [-0.15, -0.1) is 0 Å². The summed E-state index contributed by atoms with van der Waals surface area (Å²) >= 11 is 0. The van der Waals surface area contributed by atoms with Crippen LogP contribution in [0.3, 0.4) is 0 Å². The normalized spacial score (nSPS) is 29.2. The number of pyridine rings is 1. The monoisotopic (exact) mass is 232 g/mol. The van der Waals surface area contributed by atoms with Crippen LogP contribution in [-0.4, -0.2) is 17.6 Å². The zero-order chi connectivity index (χ0) is 12.1. The molecule has 0 radical (unpaired) electrons. The number of hydrogen-bond donors (Lipinski definition) is 1. The van der Waals surface area contributed by atoms with E-state index in [0.717, 1.165) is 30.8 Å². The predicted octanol–water partition coefficient (Wildman–Crippen LogP) is 3.04. The highest BCUT2D eigenvalue weighted by atomic mass is 14.9. The van der Waals surface area contributed by atoms with Crippen LogP contribution in [0.5, 0.6) is 0 Å². The third kappa shape index (κ3) is 3.81. The number of rotatable bonds is 4. The molecule has 1 fully saturated rings. The van der Waals surface area contributed by atoms with Crippen molar-refractivity contribution in [3.63, 3.8) is 0 Å². The van der Waals surface area contributed by atoms with E-state index in [9.17, 15) is 0 Å². The van der Waals surface area contributed by atoms with Crippen molar-refractivity contribution in [2.45, 2.75) is 45.6 Å². The molecule has 2 heteroatoms. The lowest BCUT2D eigenvalue weighted by molar-refractivity contribution is 0.229. The second-order valence-electron chi connectivity index (χ2n) is 5.57. The predicted molar refractivity (Wildman–Crippen MR) is 71.9 cm³/mol. The van der Waals surface area contributed by atoms with Crippen LogP contribution >= 0.6 is 0 Å². The fraction of sp³-hybridized carbons (Fsp3) is 0.667. The van der Waals surface area contributed by atoms with Crippen molar-refractivity contribution in [3.05, 3.63) is 30.1 Å². The minimum Gasteiger partial charge on any atom is -0.313 e. The van der Waals surface area contributed by atoms with Gasteiger partial charge in [0.1, 0.15) is 0 Å². The average Bonchev–Trinajstić information content (AvgIpc) is 2.33. The van der Waals surface area contributed by atoms with Crippen LogP contribution in [0.1, 0.15) is 38.7 Å². The van der Waals surface area contributed by atoms with Gasteiger partial charge in [0, 0.05) is 18.4 Å². The van der Waals surface area contributed by atoms with Gasteiger partial charge < -0.3 is 5.32 Å². The van der Waals surface area contributed by atoms with Crippen molar-refractivity contribution in [1.82, 2.24) is 10.3 Å². The van der Waals surface area contributed by atoms with E-state index in [0.29, 0.717) is 0 Å². The Bertz CT molecular complexity index is 323. The Kier molecular flexibility index (Phi) is 4.55. The van der Waals surface area contributed by atoms with Crippen LogP contribution < -0.4 is 5.32 Å². The van der Waals surface area contributed by atoms with Crippen LogP contribution in [0.2, 0.25) is 0 Å². The molecule has 1 aliphatic carbocycles. The first-order valence-corrected chi connectivity index (χ1v) is 6.88. The fourth-order valence-corrected chi connectivity index (χ4v) is 2.92. The highest BCUT2D eigenvalue weighted by Gasteiger charge is 2.24. The van der Waals surface area contributed by atoms with Crippen LogP contribution in [0.15, 0.2) is 24.5 Å². The molecule has 17 heavy (non-hydrogen) atoms. The maximum atomic E-state index is 4.15. The molecule has 0 spiro atoms. The Morgan fingerprint density at radius 2 is 2.24 bits per heavy atom. The third-order valence-electron chi connectivity index (χ3n) is 3.97. The number of hydrogen-bond acceptors (Lipinski definition) is 2. The third-order valence-corrected chi connectivity index (χ3v) is 3.97. The molecule has 3 unspecified atom stereocenters. The summed E-state index contributed by atoms with van der Waals surface area (Å²) in [5, 5.41) is 3.71. The van der Waals surface area contributed by atoms with Gasteiger partial charge in [-0.2, -0.15) is 0 Å². The molecule has 2 nitrogen and oxygen atoms in total. The van der Waals surface area contributed by atoms with E-state index in [4.69, 9.17) is 0 Å². The molecule has 0 saturated heterocycles. The summed E-state index contributed by atoms with van der Waals surface area (Å²) in [5.41, 5.74) is 1.33. The quantitative estimate of drug-likeness (QED) is 0.863. The zero-order valence-corrected chi connectivity index (χ0v) is 11.0. The molecule has 1 saturated carbocycles. The van der Waals surface area contributed by atoms with Gasteiger partial charge >= 0.3 is 0 Å². The van der Waals surface area contributed by atoms with Crippen molar-refractivity contribution in [2.24, 2.45) is 11.8 Å². The molecule has 1 heterocycles. The Labute approximate surface area is 105 Å². The summed E-state index contributed by atoms with van der Waals surface area (Å²) in [6.45, 7) is 5.84. The van der Waals surface area contributed by atoms with Gasteiger partial charge in [-0.3, -0.25) is 4.98 Å². The lowest BCUT2D eigenvalue weighted by Crippen LogP contribution is -2.39. The van der Waals surface area contributed by atoms with E-state index in [-0.39, 0.29) is 0 Å². The molecular formula is C15H24N2. The molecule has 0 aliphatic heterocycles. The summed E-state index contributed by atoms with van der Waals surface area (Å²) in [5.74, 6) is 1.74. The van der Waals surface area contributed by atoms with Gasteiger partial charge in [0.2, 0.25) is 0 Å². The molecule has 1 N–H and O–H groups in total. The van der Waals surface area contributed by atoms with Crippen LogP contribution in [0.4, 0.5) is 0 Å². The number of aromatic nitrogens is 1. The van der Waals surface area contributed by atoms with Crippen molar-refractivity contribution < 1.29 is 0 Å². The van der Waals surface area contributed by atoms with E-state index >= 15 is 0 Å². The second-order valence-corrected chi connectivity index (χ2v) is 5.57. The summed E-state index contributed by atoms with van der Waals surface area (Å²) in [6.07, 6.45) is 9.00. The summed E-state index contributed by atoms with van der Waals surface area (Å²) in [4.78, 5) is 4.15. The first-order chi connectivity index (χ1) is 8.25. The average molecular weight is 232 g/mol. The molecule has 94 valence electrons. The van der Waals surface area contributed by atoms with Gasteiger partial charge in [0.05, 0.1) is 0 Å². The van der Waals surface area contributed by atoms with Crippen LogP contribution in [0, 0.1) is 11.8 Å². The molecular weight excluding hydrogens is 208 g/mol. The van der Waals surface area contributed by atoms with E-state index in [1.807, 2.05) is 18.5 Å². The molecule has 0 amide bonds. The smallest absolute Gasteiger partial charge is 0.0300 e. The molecule has 2 rings (SSSR count). The highest BCUT2D eigenvalue weighted by molar-refractivity contribution is 5.08. The van der Waals surface area contributed by atoms with E-state index in [1.165, 1.54) is 24.8 Å². The zero-order valence-electron chi connectivity index (χ0n) is 11.0. The Morgan fingerprint density at radius 3 is 2.94 bits per heavy atom. The summed E-state index contributed by atoms with van der Waals surface area (Å²) < 4.78 is 0. The molecule has 0 aromatic carbocycles. The van der Waals surface area contributed by atoms with Gasteiger partial charge in [0.25, 0.3) is 0 Å². The van der Waals surface area contributed by atoms with Gasteiger partial charge in [-0.1, -0.05) is 19.9 Å². The lowest BCUT2D eigenvalue weighted by Gasteiger charge is -2.33. The van der Waals surface area contributed by atoms with E-state index in [2.05, 4.69) is 30.2 Å². The van der Waals surface area contributed by atoms with Gasteiger partial charge in [-0.05, 0) is 55.7 Å². The fourth-order valence-electron chi connectivity index (χ4n) is 2.92. The Morgan fingerprint density at radius 1 is 1.35 bits per heavy atom. The molecule has 1 aromatic heterocycles. The Hall–Kier alpha value is -0.890. The van der Waals surface area contributed by atoms with Gasteiger partial charge in [-0.25, -0.2) is 0 Å². The highest BCUT2D eigenvalue weighted by Crippen LogP contribution is 2.28. The number of nitrogens with one attached hydrogen (secondary N) is 1. The second kappa shape index (κ2) is 6.15. The van der Waals surface area contributed by atoms with Crippen molar-refractivity contribution in [2.75, 3.05) is 6.54 Å². The van der Waals surface area contributed by atoms with E-state index in [1.54, 1.807) is 0 Å². The van der Waals surface area contributed by atoms with Crippen LogP contribution in [0.25, 0.3) is 0 Å². The Balaban J connectivity index is 1.72. The SMILES string of the molecule is CC1CCC(NCCc2cccnc2)C(C)C1. The molecule has 1 aliphatic rings. The summed E-state index contributed by atoms with van der Waals surface area (Å²) in [6, 6.07) is 4.89. The maximum absolute atomic E-state index is 4.15. The first-order valence-electron chi connectivity index (χ1n) is 6.88. The maximum Gasteiger partial charge on any atom is 0.0300 e. The van der Waals surface area contributed by atoms with Crippen LogP contribution in [-0.2, 0) is 6.42 Å². The van der Waals surface area contributed by atoms with Crippen molar-refractivity contribution >= 4 is 0 Å². The molecule has 1 aromatic rings.